The van der Waals surface area contributed by atoms with E-state index in [4.69, 9.17) is 0 Å². The molecule has 2 fully saturated rings. The number of piperidine rings is 2. The first kappa shape index (κ1) is 21.1. The Bertz CT molecular complexity index is 928. The summed E-state index contributed by atoms with van der Waals surface area (Å²) in [5.41, 5.74) is 0.603. The summed E-state index contributed by atoms with van der Waals surface area (Å²) in [6.45, 7) is 3.68. The van der Waals surface area contributed by atoms with Crippen molar-refractivity contribution in [1.29, 1.82) is 0 Å². The van der Waals surface area contributed by atoms with Gasteiger partial charge in [-0.1, -0.05) is 18.2 Å². The average Bonchev–Trinajstić information content (AvgIpc) is 3.27. The highest BCUT2D eigenvalue weighted by Gasteiger charge is 2.39. The van der Waals surface area contributed by atoms with Crippen LogP contribution >= 0.6 is 23.1 Å². The maximum atomic E-state index is 12.9. The van der Waals surface area contributed by atoms with Crippen LogP contribution in [0.5, 0.6) is 0 Å². The van der Waals surface area contributed by atoms with Crippen molar-refractivity contribution in [3.8, 4) is 0 Å². The van der Waals surface area contributed by atoms with E-state index in [1.54, 1.807) is 23.2 Å². The fraction of sp³-hybridized carbons (Fsp3) is 0.435. The lowest BCUT2D eigenvalue weighted by Crippen LogP contribution is -2.57. The van der Waals surface area contributed by atoms with Crippen molar-refractivity contribution in [3.63, 3.8) is 0 Å². The molecule has 0 aliphatic carbocycles. The van der Waals surface area contributed by atoms with Gasteiger partial charge in [0.05, 0.1) is 16.2 Å². The Labute approximate surface area is 185 Å². The van der Waals surface area contributed by atoms with Crippen LogP contribution in [0.15, 0.2) is 46.7 Å². The molecule has 0 saturated carbocycles. The van der Waals surface area contributed by atoms with Gasteiger partial charge in [-0.15, -0.1) is 23.1 Å². The van der Waals surface area contributed by atoms with Crippen LogP contribution in [-0.4, -0.2) is 58.8 Å². The van der Waals surface area contributed by atoms with Crippen LogP contribution in [-0.2, 0) is 4.79 Å². The first-order valence-electron chi connectivity index (χ1n) is 10.4. The van der Waals surface area contributed by atoms with Gasteiger partial charge in [-0.2, -0.15) is 0 Å². The van der Waals surface area contributed by atoms with E-state index in [1.807, 2.05) is 35.2 Å². The van der Waals surface area contributed by atoms with Crippen LogP contribution in [0.4, 0.5) is 0 Å². The number of amides is 2. The van der Waals surface area contributed by atoms with Gasteiger partial charge in [-0.3, -0.25) is 14.4 Å². The van der Waals surface area contributed by atoms with Gasteiger partial charge in [0.25, 0.3) is 5.91 Å². The number of benzene rings is 1. The van der Waals surface area contributed by atoms with Gasteiger partial charge in [-0.25, -0.2) is 0 Å². The molecular weight excluding hydrogens is 416 g/mol. The maximum absolute atomic E-state index is 12.9. The van der Waals surface area contributed by atoms with E-state index in [1.165, 1.54) is 18.3 Å². The predicted molar refractivity (Wildman–Crippen MR) is 120 cm³/mol. The highest BCUT2D eigenvalue weighted by molar-refractivity contribution is 8.00. The Hall–Kier alpha value is -2.12. The quantitative estimate of drug-likeness (QED) is 0.515. The molecule has 1 aromatic carbocycles. The molecule has 2 aromatic rings. The summed E-state index contributed by atoms with van der Waals surface area (Å²) < 4.78 is 0. The smallest absolute Gasteiger partial charge is 0.254 e. The number of fused-ring (bicyclic) bond motifs is 1. The van der Waals surface area contributed by atoms with E-state index >= 15 is 0 Å². The number of thiophene rings is 1. The second kappa shape index (κ2) is 9.35. The van der Waals surface area contributed by atoms with E-state index in [2.05, 4.69) is 4.90 Å². The molecule has 3 heterocycles. The van der Waals surface area contributed by atoms with Gasteiger partial charge in [-0.05, 0) is 50.3 Å². The minimum atomic E-state index is -0.00688. The summed E-state index contributed by atoms with van der Waals surface area (Å²) in [7, 11) is 0. The van der Waals surface area contributed by atoms with Crippen LogP contribution < -0.4 is 0 Å². The van der Waals surface area contributed by atoms with Crippen molar-refractivity contribution in [1.82, 2.24) is 9.80 Å². The molecule has 2 aliphatic rings. The van der Waals surface area contributed by atoms with Gasteiger partial charge in [0, 0.05) is 36.0 Å². The summed E-state index contributed by atoms with van der Waals surface area (Å²) in [5, 5.41) is 1.78. The van der Waals surface area contributed by atoms with Crippen molar-refractivity contribution in [2.75, 3.05) is 25.4 Å². The molecule has 0 spiro atoms. The molecule has 0 radical (unpaired) electrons. The molecule has 2 amide bonds. The molecule has 2 aliphatic heterocycles. The lowest BCUT2D eigenvalue weighted by Gasteiger charge is -2.47. The van der Waals surface area contributed by atoms with Crippen molar-refractivity contribution < 1.29 is 14.4 Å². The Morgan fingerprint density at radius 2 is 1.93 bits per heavy atom. The fourth-order valence-electron chi connectivity index (χ4n) is 4.46. The summed E-state index contributed by atoms with van der Waals surface area (Å²) in [6.07, 6.45) is 2.85. The number of carbonyl (C=O) groups excluding carboxylic acids is 3. The number of hydrogen-bond acceptors (Lipinski definition) is 5. The third-order valence-corrected chi connectivity index (χ3v) is 8.00. The van der Waals surface area contributed by atoms with E-state index in [-0.39, 0.29) is 23.6 Å². The van der Waals surface area contributed by atoms with Gasteiger partial charge >= 0.3 is 0 Å². The summed E-state index contributed by atoms with van der Waals surface area (Å²) in [5.74, 6) is 0.974. The lowest BCUT2D eigenvalue weighted by molar-refractivity contribution is -0.135. The van der Waals surface area contributed by atoms with E-state index in [0.29, 0.717) is 35.2 Å². The van der Waals surface area contributed by atoms with Crippen LogP contribution in [0.1, 0.15) is 46.2 Å². The molecule has 4 rings (SSSR count). The molecule has 2 saturated heterocycles. The molecule has 0 N–H and O–H groups in total. The second-order valence-electron chi connectivity index (χ2n) is 7.95. The molecule has 7 heteroatoms. The molecule has 0 unspecified atom stereocenters. The Morgan fingerprint density at radius 3 is 2.67 bits per heavy atom. The molecule has 0 bridgehead atoms. The van der Waals surface area contributed by atoms with Crippen LogP contribution in [0, 0.1) is 5.92 Å². The topological polar surface area (TPSA) is 57.7 Å². The lowest BCUT2D eigenvalue weighted by atomic mass is 9.83. The molecule has 30 heavy (non-hydrogen) atoms. The standard InChI is InChI=1S/C23H26N2O3S2/c1-16(26)21-12-18(14-30-21)23(28)24-11-9-20-17(13-24)6-5-10-25(20)22(27)15-29-19-7-3-2-4-8-19/h2-4,7-8,12,14,17,20H,5-6,9-11,13,15H2,1H3/t17-,20+/m0/s1. The zero-order chi connectivity index (χ0) is 21.1. The highest BCUT2D eigenvalue weighted by Crippen LogP contribution is 2.32. The third-order valence-electron chi connectivity index (χ3n) is 5.97. The largest absolute Gasteiger partial charge is 0.339 e. The monoisotopic (exact) mass is 442 g/mol. The van der Waals surface area contributed by atoms with Crippen LogP contribution in [0.2, 0.25) is 0 Å². The van der Waals surface area contributed by atoms with Crippen molar-refractivity contribution in [2.45, 2.75) is 37.1 Å². The normalized spacial score (nSPS) is 21.2. The van der Waals surface area contributed by atoms with Crippen LogP contribution in [0.25, 0.3) is 0 Å². The minimum Gasteiger partial charge on any atom is -0.339 e. The fourth-order valence-corrected chi connectivity index (χ4v) is 6.05. The van der Waals surface area contributed by atoms with Crippen LogP contribution in [0.3, 0.4) is 0 Å². The zero-order valence-electron chi connectivity index (χ0n) is 17.1. The number of likely N-dealkylation sites (tertiary alicyclic amines) is 2. The molecule has 2 atom stereocenters. The molecule has 158 valence electrons. The first-order valence-corrected chi connectivity index (χ1v) is 12.3. The number of hydrogen-bond donors (Lipinski definition) is 0. The first-order chi connectivity index (χ1) is 14.5. The summed E-state index contributed by atoms with van der Waals surface area (Å²) in [4.78, 5) is 43.1. The second-order valence-corrected chi connectivity index (χ2v) is 9.91. The number of rotatable bonds is 5. The highest BCUT2D eigenvalue weighted by atomic mass is 32.2. The number of carbonyl (C=O) groups is 3. The van der Waals surface area contributed by atoms with Gasteiger partial charge in [0.2, 0.25) is 5.91 Å². The minimum absolute atomic E-state index is 0.000262. The van der Waals surface area contributed by atoms with E-state index in [9.17, 15) is 14.4 Å². The van der Waals surface area contributed by atoms with Crippen molar-refractivity contribution >= 4 is 40.7 Å². The number of thioether (sulfide) groups is 1. The summed E-state index contributed by atoms with van der Waals surface area (Å²) in [6, 6.07) is 12.0. The molecule has 1 aromatic heterocycles. The molecule has 5 nitrogen and oxygen atoms in total. The Balaban J connectivity index is 1.37. The van der Waals surface area contributed by atoms with Gasteiger partial charge in [0.15, 0.2) is 5.78 Å². The SMILES string of the molecule is CC(=O)c1cc(C(=O)N2CC[C@@H]3[C@@H](CCCN3C(=O)CSc3ccccc3)C2)cs1. The van der Waals surface area contributed by atoms with Gasteiger partial charge in [0.1, 0.15) is 0 Å². The maximum Gasteiger partial charge on any atom is 0.254 e. The number of ketones is 1. The Morgan fingerprint density at radius 1 is 1.13 bits per heavy atom. The summed E-state index contributed by atoms with van der Waals surface area (Å²) >= 11 is 2.92. The van der Waals surface area contributed by atoms with Gasteiger partial charge < -0.3 is 9.80 Å². The molecular formula is C23H26N2O3S2. The van der Waals surface area contributed by atoms with Crippen molar-refractivity contribution in [3.05, 3.63) is 52.2 Å². The average molecular weight is 443 g/mol. The zero-order valence-corrected chi connectivity index (χ0v) is 18.7. The number of nitrogens with zero attached hydrogens (tertiary/aromatic N) is 2. The Kier molecular flexibility index (Phi) is 6.58. The number of Topliss-reactive ketones (excluding diaryl/α,β-unsaturated/α-hetero) is 1. The van der Waals surface area contributed by atoms with Crippen molar-refractivity contribution in [2.24, 2.45) is 5.92 Å². The van der Waals surface area contributed by atoms with E-state index in [0.717, 1.165) is 30.7 Å². The van der Waals surface area contributed by atoms with E-state index < -0.39 is 0 Å². The predicted octanol–water partition coefficient (Wildman–Crippen LogP) is 4.20. The third kappa shape index (κ3) is 4.62.